The fourth-order valence-electron chi connectivity index (χ4n) is 4.47. The van der Waals surface area contributed by atoms with Gasteiger partial charge in [0, 0.05) is 6.61 Å². The third-order valence-electron chi connectivity index (χ3n) is 6.43. The van der Waals surface area contributed by atoms with Crippen LogP contribution in [0, 0.1) is 0 Å². The molecule has 0 radical (unpaired) electrons. The Morgan fingerprint density at radius 2 is 1.08 bits per heavy atom. The lowest BCUT2D eigenvalue weighted by molar-refractivity contribution is -0.323. The lowest BCUT2D eigenvalue weighted by Crippen LogP contribution is -2.60. The highest BCUT2D eigenvalue weighted by Crippen LogP contribution is 2.32. The SMILES string of the molecule is CC[C@H]1O[C@H](OCCCO)[C@H](OCc2ccccc2)[C@@H](OCc2ccccc2)[C@H]1OCc1ccccc1. The molecule has 0 spiro atoms. The molecule has 0 unspecified atom stereocenters. The first-order chi connectivity index (χ1) is 18.3. The van der Waals surface area contributed by atoms with Gasteiger partial charge >= 0.3 is 0 Å². The average molecular weight is 507 g/mol. The van der Waals surface area contributed by atoms with Crippen molar-refractivity contribution in [1.82, 2.24) is 0 Å². The summed E-state index contributed by atoms with van der Waals surface area (Å²) in [6, 6.07) is 30.2. The molecule has 0 aromatic heterocycles. The number of aliphatic hydroxyl groups is 1. The first kappa shape index (κ1) is 27.5. The van der Waals surface area contributed by atoms with Gasteiger partial charge in [-0.05, 0) is 29.5 Å². The molecule has 3 aromatic carbocycles. The molecule has 37 heavy (non-hydrogen) atoms. The summed E-state index contributed by atoms with van der Waals surface area (Å²) in [6.07, 6.45) is -0.927. The van der Waals surface area contributed by atoms with Gasteiger partial charge in [-0.25, -0.2) is 0 Å². The second-order valence-electron chi connectivity index (χ2n) is 9.18. The number of ether oxygens (including phenoxy) is 5. The molecule has 1 aliphatic rings. The predicted molar refractivity (Wildman–Crippen MR) is 142 cm³/mol. The van der Waals surface area contributed by atoms with Crippen molar-refractivity contribution < 1.29 is 28.8 Å². The Bertz CT molecular complexity index is 1000. The van der Waals surface area contributed by atoms with Gasteiger partial charge in [-0.15, -0.1) is 0 Å². The van der Waals surface area contributed by atoms with E-state index in [9.17, 15) is 5.11 Å². The van der Waals surface area contributed by atoms with Crippen LogP contribution in [0.1, 0.15) is 36.5 Å². The maximum atomic E-state index is 9.30. The van der Waals surface area contributed by atoms with E-state index in [0.717, 1.165) is 23.1 Å². The largest absolute Gasteiger partial charge is 0.396 e. The van der Waals surface area contributed by atoms with Crippen LogP contribution in [-0.2, 0) is 43.5 Å². The molecule has 0 saturated carbocycles. The van der Waals surface area contributed by atoms with E-state index in [-0.39, 0.29) is 18.8 Å². The number of benzene rings is 3. The van der Waals surface area contributed by atoms with E-state index < -0.39 is 18.5 Å². The van der Waals surface area contributed by atoms with Crippen LogP contribution < -0.4 is 0 Å². The molecule has 4 rings (SSSR count). The van der Waals surface area contributed by atoms with Crippen LogP contribution in [0.15, 0.2) is 91.0 Å². The van der Waals surface area contributed by atoms with E-state index in [1.807, 2.05) is 78.9 Å². The van der Waals surface area contributed by atoms with Gasteiger partial charge < -0.3 is 28.8 Å². The maximum absolute atomic E-state index is 9.30. The van der Waals surface area contributed by atoms with Crippen LogP contribution in [0.2, 0.25) is 0 Å². The normalized spacial score (nSPS) is 23.7. The van der Waals surface area contributed by atoms with E-state index in [0.29, 0.717) is 32.8 Å². The van der Waals surface area contributed by atoms with Gasteiger partial charge in [0.2, 0.25) is 0 Å². The Balaban J connectivity index is 1.58. The monoisotopic (exact) mass is 506 g/mol. The zero-order chi connectivity index (χ0) is 25.7. The number of rotatable bonds is 14. The zero-order valence-electron chi connectivity index (χ0n) is 21.5. The number of aliphatic hydroxyl groups excluding tert-OH is 1. The summed E-state index contributed by atoms with van der Waals surface area (Å²) in [7, 11) is 0. The topological polar surface area (TPSA) is 66.4 Å². The summed E-state index contributed by atoms with van der Waals surface area (Å²) >= 11 is 0. The quantitative estimate of drug-likeness (QED) is 0.300. The Labute approximate surface area is 220 Å². The molecule has 3 aromatic rings. The van der Waals surface area contributed by atoms with E-state index in [1.54, 1.807) is 0 Å². The third-order valence-corrected chi connectivity index (χ3v) is 6.43. The highest BCUT2D eigenvalue weighted by atomic mass is 16.7. The van der Waals surface area contributed by atoms with Crippen molar-refractivity contribution in [1.29, 1.82) is 0 Å². The Kier molecular flexibility index (Phi) is 11.1. The molecule has 0 aliphatic carbocycles. The van der Waals surface area contributed by atoms with Crippen molar-refractivity contribution in [2.24, 2.45) is 0 Å². The molecule has 6 nitrogen and oxygen atoms in total. The van der Waals surface area contributed by atoms with Crippen LogP contribution in [0.5, 0.6) is 0 Å². The van der Waals surface area contributed by atoms with Gasteiger partial charge in [0.1, 0.15) is 18.3 Å². The molecule has 1 saturated heterocycles. The fraction of sp³-hybridized carbons (Fsp3) is 0.419. The van der Waals surface area contributed by atoms with Crippen LogP contribution in [0.25, 0.3) is 0 Å². The van der Waals surface area contributed by atoms with Crippen molar-refractivity contribution in [2.45, 2.75) is 70.3 Å². The molecule has 1 N–H and O–H groups in total. The van der Waals surface area contributed by atoms with Gasteiger partial charge in [-0.1, -0.05) is 97.9 Å². The first-order valence-corrected chi connectivity index (χ1v) is 13.1. The van der Waals surface area contributed by atoms with Crippen LogP contribution in [0.4, 0.5) is 0 Å². The second kappa shape index (κ2) is 15.0. The lowest BCUT2D eigenvalue weighted by Gasteiger charge is -2.46. The maximum Gasteiger partial charge on any atom is 0.186 e. The molecular weight excluding hydrogens is 468 g/mol. The Morgan fingerprint density at radius 1 is 0.622 bits per heavy atom. The van der Waals surface area contributed by atoms with Gasteiger partial charge in [0.05, 0.1) is 32.5 Å². The molecule has 198 valence electrons. The molecule has 5 atom stereocenters. The molecule has 0 amide bonds. The first-order valence-electron chi connectivity index (χ1n) is 13.1. The second-order valence-corrected chi connectivity index (χ2v) is 9.18. The van der Waals surface area contributed by atoms with E-state index in [1.165, 1.54) is 0 Å². The summed E-state index contributed by atoms with van der Waals surface area (Å²) in [5.41, 5.74) is 3.21. The van der Waals surface area contributed by atoms with Crippen molar-refractivity contribution in [3.05, 3.63) is 108 Å². The Hall–Kier alpha value is -2.58. The van der Waals surface area contributed by atoms with Crippen molar-refractivity contribution in [3.8, 4) is 0 Å². The van der Waals surface area contributed by atoms with E-state index in [4.69, 9.17) is 23.7 Å². The van der Waals surface area contributed by atoms with Crippen LogP contribution in [-0.4, -0.2) is 49.0 Å². The van der Waals surface area contributed by atoms with E-state index in [2.05, 4.69) is 19.1 Å². The lowest BCUT2D eigenvalue weighted by atomic mass is 9.96. The summed E-state index contributed by atoms with van der Waals surface area (Å²) in [6.45, 7) is 3.75. The number of hydrogen-bond donors (Lipinski definition) is 1. The van der Waals surface area contributed by atoms with Crippen LogP contribution in [0.3, 0.4) is 0 Å². The van der Waals surface area contributed by atoms with Gasteiger partial charge in [0.25, 0.3) is 0 Å². The van der Waals surface area contributed by atoms with Gasteiger partial charge in [-0.3, -0.25) is 0 Å². The fourth-order valence-corrected chi connectivity index (χ4v) is 4.47. The smallest absolute Gasteiger partial charge is 0.186 e. The molecule has 1 heterocycles. The molecule has 6 heteroatoms. The zero-order valence-corrected chi connectivity index (χ0v) is 21.5. The van der Waals surface area contributed by atoms with Gasteiger partial charge in [-0.2, -0.15) is 0 Å². The van der Waals surface area contributed by atoms with Gasteiger partial charge in [0.15, 0.2) is 6.29 Å². The Morgan fingerprint density at radius 3 is 1.54 bits per heavy atom. The standard InChI is InChI=1S/C31H38O6/c1-2-27-28(34-21-24-13-6-3-7-14-24)29(35-22-25-15-8-4-9-16-25)30(31(37-27)33-20-12-19-32)36-23-26-17-10-5-11-18-26/h3-11,13-18,27-32H,2,12,19-23H2,1H3/t27-,28+,29+,30-,31+/m1/s1. The third kappa shape index (κ3) is 8.20. The minimum absolute atomic E-state index is 0.0518. The number of hydrogen-bond acceptors (Lipinski definition) is 6. The molecular formula is C31H38O6. The van der Waals surface area contributed by atoms with Crippen molar-refractivity contribution in [3.63, 3.8) is 0 Å². The summed E-state index contributed by atoms with van der Waals surface area (Å²) in [5, 5.41) is 9.30. The highest BCUT2D eigenvalue weighted by molar-refractivity contribution is 5.15. The van der Waals surface area contributed by atoms with Crippen molar-refractivity contribution >= 4 is 0 Å². The summed E-state index contributed by atoms with van der Waals surface area (Å²) < 4.78 is 32.1. The minimum atomic E-state index is -0.641. The van der Waals surface area contributed by atoms with Crippen molar-refractivity contribution in [2.75, 3.05) is 13.2 Å². The average Bonchev–Trinajstić information content (AvgIpc) is 2.96. The molecule has 1 fully saturated rings. The molecule has 1 aliphatic heterocycles. The predicted octanol–water partition coefficient (Wildman–Crippen LogP) is 5.28. The molecule has 0 bridgehead atoms. The van der Waals surface area contributed by atoms with E-state index >= 15 is 0 Å². The van der Waals surface area contributed by atoms with Crippen LogP contribution >= 0.6 is 0 Å². The highest BCUT2D eigenvalue weighted by Gasteiger charge is 2.48. The summed E-state index contributed by atoms with van der Waals surface area (Å²) in [4.78, 5) is 0. The summed E-state index contributed by atoms with van der Waals surface area (Å²) in [5.74, 6) is 0. The minimum Gasteiger partial charge on any atom is -0.396 e.